The fraction of sp³-hybridized carbons (Fsp3) is 0.400. The van der Waals surface area contributed by atoms with E-state index in [1.165, 1.54) is 22.3 Å². The second-order valence-electron chi connectivity index (χ2n) is 4.82. The third kappa shape index (κ3) is 2.62. The number of aromatic nitrogens is 2. The second-order valence-corrected chi connectivity index (χ2v) is 4.82. The highest BCUT2D eigenvalue weighted by molar-refractivity contribution is 5.36. The third-order valence-electron chi connectivity index (χ3n) is 3.38. The Kier molecular flexibility index (Phi) is 3.82. The SMILES string of the molecule is CCn1cc(CC(N)c2c(C)cccc2C)cn1. The Morgan fingerprint density at radius 1 is 1.28 bits per heavy atom. The molecule has 0 bridgehead atoms. The molecule has 0 amide bonds. The molecule has 0 spiro atoms. The highest BCUT2D eigenvalue weighted by Crippen LogP contribution is 2.23. The van der Waals surface area contributed by atoms with E-state index in [1.54, 1.807) is 0 Å². The fourth-order valence-electron chi connectivity index (χ4n) is 2.45. The molecule has 0 saturated heterocycles. The maximum absolute atomic E-state index is 6.34. The van der Waals surface area contributed by atoms with E-state index in [-0.39, 0.29) is 6.04 Å². The molecule has 1 unspecified atom stereocenters. The lowest BCUT2D eigenvalue weighted by Crippen LogP contribution is -2.15. The van der Waals surface area contributed by atoms with Gasteiger partial charge >= 0.3 is 0 Å². The number of nitrogens with two attached hydrogens (primary N) is 1. The van der Waals surface area contributed by atoms with Crippen LogP contribution in [0.1, 0.15) is 35.2 Å². The summed E-state index contributed by atoms with van der Waals surface area (Å²) >= 11 is 0. The predicted molar refractivity (Wildman–Crippen MR) is 74.4 cm³/mol. The molecule has 1 atom stereocenters. The maximum Gasteiger partial charge on any atom is 0.0522 e. The monoisotopic (exact) mass is 243 g/mol. The van der Waals surface area contributed by atoms with Gasteiger partial charge < -0.3 is 5.73 Å². The van der Waals surface area contributed by atoms with Gasteiger partial charge in [0.05, 0.1) is 6.20 Å². The summed E-state index contributed by atoms with van der Waals surface area (Å²) in [5, 5.41) is 4.29. The van der Waals surface area contributed by atoms with E-state index in [0.717, 1.165) is 13.0 Å². The molecule has 0 aliphatic carbocycles. The number of rotatable bonds is 4. The van der Waals surface area contributed by atoms with Gasteiger partial charge in [0.25, 0.3) is 0 Å². The van der Waals surface area contributed by atoms with Gasteiger partial charge in [-0.15, -0.1) is 0 Å². The Hall–Kier alpha value is -1.61. The van der Waals surface area contributed by atoms with Gasteiger partial charge in [-0.25, -0.2) is 0 Å². The van der Waals surface area contributed by atoms with Gasteiger partial charge in [-0.2, -0.15) is 5.10 Å². The van der Waals surface area contributed by atoms with Gasteiger partial charge in [-0.05, 0) is 49.4 Å². The summed E-state index contributed by atoms with van der Waals surface area (Å²) in [6.07, 6.45) is 4.83. The van der Waals surface area contributed by atoms with Crippen LogP contribution < -0.4 is 5.73 Å². The first-order valence-corrected chi connectivity index (χ1v) is 6.44. The molecule has 1 aromatic heterocycles. The molecule has 3 nitrogen and oxygen atoms in total. The van der Waals surface area contributed by atoms with Crippen LogP contribution in [0.15, 0.2) is 30.6 Å². The van der Waals surface area contributed by atoms with Crippen molar-refractivity contribution >= 4 is 0 Å². The minimum Gasteiger partial charge on any atom is -0.324 e. The first-order valence-electron chi connectivity index (χ1n) is 6.44. The molecule has 1 aromatic carbocycles. The van der Waals surface area contributed by atoms with Gasteiger partial charge in [0.2, 0.25) is 0 Å². The highest BCUT2D eigenvalue weighted by atomic mass is 15.3. The second kappa shape index (κ2) is 5.36. The van der Waals surface area contributed by atoms with Crippen molar-refractivity contribution < 1.29 is 0 Å². The minimum atomic E-state index is 0.0423. The number of hydrogen-bond donors (Lipinski definition) is 1. The van der Waals surface area contributed by atoms with Gasteiger partial charge in [0.15, 0.2) is 0 Å². The Bertz CT molecular complexity index is 508. The van der Waals surface area contributed by atoms with Gasteiger partial charge in [-0.1, -0.05) is 18.2 Å². The van der Waals surface area contributed by atoms with E-state index in [2.05, 4.69) is 50.3 Å². The average molecular weight is 243 g/mol. The van der Waals surface area contributed by atoms with E-state index in [4.69, 9.17) is 5.73 Å². The summed E-state index contributed by atoms with van der Waals surface area (Å²) in [6, 6.07) is 6.37. The van der Waals surface area contributed by atoms with Crippen LogP contribution in [-0.4, -0.2) is 9.78 Å². The molecule has 0 saturated carbocycles. The average Bonchev–Trinajstić information content (AvgIpc) is 2.76. The van der Waals surface area contributed by atoms with Crippen molar-refractivity contribution in [2.75, 3.05) is 0 Å². The van der Waals surface area contributed by atoms with Crippen molar-refractivity contribution in [1.29, 1.82) is 0 Å². The van der Waals surface area contributed by atoms with Crippen molar-refractivity contribution in [3.63, 3.8) is 0 Å². The van der Waals surface area contributed by atoms with Crippen molar-refractivity contribution in [3.05, 3.63) is 52.8 Å². The zero-order valence-electron chi connectivity index (χ0n) is 11.4. The van der Waals surface area contributed by atoms with Gasteiger partial charge in [0.1, 0.15) is 0 Å². The molecule has 0 aliphatic heterocycles. The smallest absolute Gasteiger partial charge is 0.0522 e. The Morgan fingerprint density at radius 2 is 1.94 bits per heavy atom. The number of benzene rings is 1. The van der Waals surface area contributed by atoms with E-state index >= 15 is 0 Å². The molecule has 96 valence electrons. The van der Waals surface area contributed by atoms with Crippen LogP contribution in [-0.2, 0) is 13.0 Å². The van der Waals surface area contributed by atoms with Crippen LogP contribution in [0.25, 0.3) is 0 Å². The molecule has 3 heteroatoms. The van der Waals surface area contributed by atoms with Crippen molar-refractivity contribution in [1.82, 2.24) is 9.78 Å². The lowest BCUT2D eigenvalue weighted by Gasteiger charge is -2.16. The minimum absolute atomic E-state index is 0.0423. The number of hydrogen-bond acceptors (Lipinski definition) is 2. The molecule has 0 radical (unpaired) electrons. The molecular formula is C15H21N3. The fourth-order valence-corrected chi connectivity index (χ4v) is 2.45. The largest absolute Gasteiger partial charge is 0.324 e. The van der Waals surface area contributed by atoms with E-state index in [9.17, 15) is 0 Å². The molecule has 2 rings (SSSR count). The normalized spacial score (nSPS) is 12.7. The topological polar surface area (TPSA) is 43.8 Å². The molecular weight excluding hydrogens is 222 g/mol. The highest BCUT2D eigenvalue weighted by Gasteiger charge is 2.13. The molecule has 0 aliphatic rings. The molecule has 2 N–H and O–H groups in total. The van der Waals surface area contributed by atoms with E-state index < -0.39 is 0 Å². The van der Waals surface area contributed by atoms with Crippen LogP contribution in [0, 0.1) is 13.8 Å². The summed E-state index contributed by atoms with van der Waals surface area (Å²) < 4.78 is 1.94. The first-order chi connectivity index (χ1) is 8.61. The summed E-state index contributed by atoms with van der Waals surface area (Å²) in [6.45, 7) is 7.23. The standard InChI is InChI=1S/C15H21N3/c1-4-18-10-13(9-17-18)8-14(16)15-11(2)6-5-7-12(15)3/h5-7,9-10,14H,4,8,16H2,1-3H3. The Balaban J connectivity index is 2.19. The zero-order chi connectivity index (χ0) is 13.1. The Labute approximate surface area is 109 Å². The summed E-state index contributed by atoms with van der Waals surface area (Å²) in [5.41, 5.74) is 11.3. The van der Waals surface area contributed by atoms with E-state index in [1.807, 2.05) is 10.9 Å². The van der Waals surface area contributed by atoms with Crippen molar-refractivity contribution in [2.45, 2.75) is 39.8 Å². The van der Waals surface area contributed by atoms with E-state index in [0.29, 0.717) is 0 Å². The van der Waals surface area contributed by atoms with Gasteiger partial charge in [0, 0.05) is 18.8 Å². The lowest BCUT2D eigenvalue weighted by molar-refractivity contribution is 0.657. The molecule has 18 heavy (non-hydrogen) atoms. The van der Waals surface area contributed by atoms with Crippen LogP contribution in [0.2, 0.25) is 0 Å². The molecule has 0 fully saturated rings. The zero-order valence-corrected chi connectivity index (χ0v) is 11.4. The van der Waals surface area contributed by atoms with Crippen molar-refractivity contribution in [3.8, 4) is 0 Å². The van der Waals surface area contributed by atoms with Crippen LogP contribution in [0.5, 0.6) is 0 Å². The summed E-state index contributed by atoms with van der Waals surface area (Å²) in [4.78, 5) is 0. The predicted octanol–water partition coefficient (Wildman–Crippen LogP) is 2.76. The first kappa shape index (κ1) is 12.8. The third-order valence-corrected chi connectivity index (χ3v) is 3.38. The summed E-state index contributed by atoms with van der Waals surface area (Å²) in [7, 11) is 0. The quantitative estimate of drug-likeness (QED) is 0.897. The lowest BCUT2D eigenvalue weighted by atomic mass is 9.93. The van der Waals surface area contributed by atoms with Crippen LogP contribution in [0.4, 0.5) is 0 Å². The number of aryl methyl sites for hydroxylation is 3. The van der Waals surface area contributed by atoms with Crippen LogP contribution >= 0.6 is 0 Å². The summed E-state index contributed by atoms with van der Waals surface area (Å²) in [5.74, 6) is 0. The maximum atomic E-state index is 6.34. The van der Waals surface area contributed by atoms with Crippen LogP contribution in [0.3, 0.4) is 0 Å². The Morgan fingerprint density at radius 3 is 2.50 bits per heavy atom. The van der Waals surface area contributed by atoms with Gasteiger partial charge in [-0.3, -0.25) is 4.68 Å². The molecule has 2 aromatic rings. The number of nitrogens with zero attached hydrogens (tertiary/aromatic N) is 2. The van der Waals surface area contributed by atoms with Crippen molar-refractivity contribution in [2.24, 2.45) is 5.73 Å². The molecule has 1 heterocycles.